The van der Waals surface area contributed by atoms with Crippen molar-refractivity contribution < 1.29 is 4.79 Å². The lowest BCUT2D eigenvalue weighted by Crippen LogP contribution is -2.17. The van der Waals surface area contributed by atoms with Gasteiger partial charge in [0.15, 0.2) is 0 Å². The van der Waals surface area contributed by atoms with Crippen molar-refractivity contribution >= 4 is 33.7 Å². The van der Waals surface area contributed by atoms with Gasteiger partial charge in [-0.1, -0.05) is 30.6 Å². The molecule has 0 aromatic carbocycles. The van der Waals surface area contributed by atoms with E-state index in [4.69, 9.17) is 0 Å². The van der Waals surface area contributed by atoms with E-state index in [2.05, 4.69) is 27.0 Å². The third kappa shape index (κ3) is 3.33. The molecule has 3 heterocycles. The SMILES string of the molecule is Cc1cc(C(=O)Nc2nnc(-c3ccsc3)s2)c(C)n1C1CCCCC1. The first kappa shape index (κ1) is 17.4. The highest BCUT2D eigenvalue weighted by Gasteiger charge is 2.23. The number of rotatable bonds is 4. The molecule has 0 aliphatic heterocycles. The van der Waals surface area contributed by atoms with Gasteiger partial charge in [-0.2, -0.15) is 11.3 Å². The molecule has 0 saturated heterocycles. The average Bonchev–Trinajstić information content (AvgIpc) is 3.36. The van der Waals surface area contributed by atoms with Crippen LogP contribution in [0.1, 0.15) is 59.9 Å². The van der Waals surface area contributed by atoms with E-state index >= 15 is 0 Å². The molecule has 3 aromatic rings. The summed E-state index contributed by atoms with van der Waals surface area (Å²) in [7, 11) is 0. The van der Waals surface area contributed by atoms with Crippen LogP contribution in [0.3, 0.4) is 0 Å². The molecule has 1 fully saturated rings. The standard InChI is InChI=1S/C19H22N4OS2/c1-12-10-16(13(2)23(12)15-6-4-3-5-7-15)17(24)20-19-22-21-18(26-19)14-8-9-25-11-14/h8-11,15H,3-7H2,1-2H3,(H,20,22,24). The maximum atomic E-state index is 12.8. The van der Waals surface area contributed by atoms with E-state index in [0.717, 1.165) is 27.5 Å². The van der Waals surface area contributed by atoms with E-state index in [1.165, 1.54) is 43.4 Å². The molecule has 1 N–H and O–H groups in total. The molecule has 1 aliphatic rings. The van der Waals surface area contributed by atoms with Crippen molar-refractivity contribution in [3.63, 3.8) is 0 Å². The first-order chi connectivity index (χ1) is 12.6. The van der Waals surface area contributed by atoms with Crippen LogP contribution in [0.5, 0.6) is 0 Å². The second-order valence-electron chi connectivity index (χ2n) is 6.83. The van der Waals surface area contributed by atoms with Gasteiger partial charge in [-0.3, -0.25) is 10.1 Å². The molecule has 3 aromatic heterocycles. The van der Waals surface area contributed by atoms with Crippen LogP contribution < -0.4 is 5.32 Å². The van der Waals surface area contributed by atoms with Crippen LogP contribution in [-0.2, 0) is 0 Å². The monoisotopic (exact) mass is 386 g/mol. The lowest BCUT2D eigenvalue weighted by atomic mass is 9.95. The second-order valence-corrected chi connectivity index (χ2v) is 8.58. The van der Waals surface area contributed by atoms with Crippen LogP contribution in [-0.4, -0.2) is 20.7 Å². The molecule has 0 spiro atoms. The number of anilines is 1. The van der Waals surface area contributed by atoms with E-state index in [-0.39, 0.29) is 5.91 Å². The Bertz CT molecular complexity index is 904. The number of hydrogen-bond donors (Lipinski definition) is 1. The summed E-state index contributed by atoms with van der Waals surface area (Å²) in [5, 5.41) is 16.6. The van der Waals surface area contributed by atoms with Crippen molar-refractivity contribution in [1.29, 1.82) is 0 Å². The number of hydrogen-bond acceptors (Lipinski definition) is 5. The number of aromatic nitrogens is 3. The number of aryl methyl sites for hydroxylation is 1. The molecule has 5 nitrogen and oxygen atoms in total. The van der Waals surface area contributed by atoms with E-state index in [9.17, 15) is 4.79 Å². The topological polar surface area (TPSA) is 59.8 Å². The third-order valence-electron chi connectivity index (χ3n) is 5.08. The van der Waals surface area contributed by atoms with Crippen molar-refractivity contribution in [3.05, 3.63) is 39.8 Å². The molecular weight excluding hydrogens is 364 g/mol. The van der Waals surface area contributed by atoms with E-state index in [0.29, 0.717) is 11.2 Å². The molecule has 4 rings (SSSR count). The van der Waals surface area contributed by atoms with Crippen molar-refractivity contribution in [1.82, 2.24) is 14.8 Å². The Morgan fingerprint density at radius 3 is 2.77 bits per heavy atom. The number of nitrogens with one attached hydrogen (secondary N) is 1. The van der Waals surface area contributed by atoms with Crippen molar-refractivity contribution in [2.24, 2.45) is 0 Å². The summed E-state index contributed by atoms with van der Waals surface area (Å²) in [6, 6.07) is 4.53. The zero-order valence-corrected chi connectivity index (χ0v) is 16.6. The van der Waals surface area contributed by atoms with Crippen LogP contribution in [0.4, 0.5) is 5.13 Å². The number of carbonyl (C=O) groups excluding carboxylic acids is 1. The normalized spacial score (nSPS) is 15.3. The molecular formula is C19H22N4OS2. The molecule has 1 amide bonds. The Hall–Kier alpha value is -1.99. The Labute approximate surface area is 161 Å². The van der Waals surface area contributed by atoms with Gasteiger partial charge in [0.1, 0.15) is 5.01 Å². The molecule has 0 bridgehead atoms. The van der Waals surface area contributed by atoms with Gasteiger partial charge in [-0.05, 0) is 44.2 Å². The van der Waals surface area contributed by atoms with Crippen LogP contribution in [0.25, 0.3) is 10.6 Å². The number of carbonyl (C=O) groups is 1. The van der Waals surface area contributed by atoms with Crippen molar-refractivity contribution in [3.8, 4) is 10.6 Å². The lowest BCUT2D eigenvalue weighted by Gasteiger charge is -2.26. The Morgan fingerprint density at radius 2 is 2.04 bits per heavy atom. The molecule has 0 atom stereocenters. The third-order valence-corrected chi connectivity index (χ3v) is 6.65. The van der Waals surface area contributed by atoms with Gasteiger partial charge in [0.2, 0.25) is 5.13 Å². The summed E-state index contributed by atoms with van der Waals surface area (Å²) < 4.78 is 2.35. The molecule has 0 unspecified atom stereocenters. The van der Waals surface area contributed by atoms with Gasteiger partial charge in [-0.25, -0.2) is 0 Å². The fraction of sp³-hybridized carbons (Fsp3) is 0.421. The molecule has 26 heavy (non-hydrogen) atoms. The van der Waals surface area contributed by atoms with Crippen LogP contribution in [0.2, 0.25) is 0 Å². The number of amides is 1. The molecule has 7 heteroatoms. The van der Waals surface area contributed by atoms with E-state index < -0.39 is 0 Å². The van der Waals surface area contributed by atoms with E-state index in [1.807, 2.05) is 29.8 Å². The first-order valence-corrected chi connectivity index (χ1v) is 10.8. The predicted molar refractivity (Wildman–Crippen MR) is 107 cm³/mol. The minimum absolute atomic E-state index is 0.104. The first-order valence-electron chi connectivity index (χ1n) is 8.99. The van der Waals surface area contributed by atoms with Gasteiger partial charge in [0.05, 0.1) is 5.56 Å². The van der Waals surface area contributed by atoms with Gasteiger partial charge in [0, 0.05) is 28.4 Å². The Morgan fingerprint density at radius 1 is 1.23 bits per heavy atom. The quantitative estimate of drug-likeness (QED) is 0.649. The maximum absolute atomic E-state index is 12.8. The smallest absolute Gasteiger partial charge is 0.259 e. The molecule has 0 radical (unpaired) electrons. The van der Waals surface area contributed by atoms with Crippen LogP contribution in [0, 0.1) is 13.8 Å². The molecule has 136 valence electrons. The predicted octanol–water partition coefficient (Wildman–Crippen LogP) is 5.44. The van der Waals surface area contributed by atoms with Crippen molar-refractivity contribution in [2.75, 3.05) is 5.32 Å². The van der Waals surface area contributed by atoms with Crippen molar-refractivity contribution in [2.45, 2.75) is 52.0 Å². The summed E-state index contributed by atoms with van der Waals surface area (Å²) in [6.45, 7) is 4.14. The second kappa shape index (κ2) is 7.32. The number of thiophene rings is 1. The summed E-state index contributed by atoms with van der Waals surface area (Å²) >= 11 is 3.03. The summed E-state index contributed by atoms with van der Waals surface area (Å²) in [4.78, 5) is 12.8. The lowest BCUT2D eigenvalue weighted by molar-refractivity contribution is 0.102. The summed E-state index contributed by atoms with van der Waals surface area (Å²) in [6.07, 6.45) is 6.29. The zero-order valence-electron chi connectivity index (χ0n) is 15.0. The Balaban J connectivity index is 1.53. The summed E-state index contributed by atoms with van der Waals surface area (Å²) in [5.74, 6) is -0.104. The highest BCUT2D eigenvalue weighted by molar-refractivity contribution is 7.19. The maximum Gasteiger partial charge on any atom is 0.259 e. The van der Waals surface area contributed by atoms with Gasteiger partial charge in [0.25, 0.3) is 5.91 Å². The van der Waals surface area contributed by atoms with E-state index in [1.54, 1.807) is 11.3 Å². The van der Waals surface area contributed by atoms with Gasteiger partial charge < -0.3 is 4.57 Å². The minimum Gasteiger partial charge on any atom is -0.345 e. The minimum atomic E-state index is -0.104. The van der Waals surface area contributed by atoms with Crippen LogP contribution >= 0.6 is 22.7 Å². The largest absolute Gasteiger partial charge is 0.345 e. The zero-order chi connectivity index (χ0) is 18.1. The van der Waals surface area contributed by atoms with Gasteiger partial charge in [-0.15, -0.1) is 10.2 Å². The highest BCUT2D eigenvalue weighted by atomic mass is 32.1. The Kier molecular flexibility index (Phi) is 4.91. The molecule has 1 aliphatic carbocycles. The fourth-order valence-electron chi connectivity index (χ4n) is 3.85. The number of nitrogens with zero attached hydrogens (tertiary/aromatic N) is 3. The summed E-state index contributed by atoms with van der Waals surface area (Å²) in [5.41, 5.74) is 3.99. The molecule has 1 saturated carbocycles. The fourth-order valence-corrected chi connectivity index (χ4v) is 5.30. The highest BCUT2D eigenvalue weighted by Crippen LogP contribution is 2.33. The van der Waals surface area contributed by atoms with Gasteiger partial charge >= 0.3 is 0 Å². The van der Waals surface area contributed by atoms with Crippen LogP contribution in [0.15, 0.2) is 22.9 Å². The average molecular weight is 387 g/mol.